The lowest BCUT2D eigenvalue weighted by atomic mass is 9.97. The number of methoxy groups -OCH3 is 1. The summed E-state index contributed by atoms with van der Waals surface area (Å²) in [5.41, 5.74) is 1.77. The summed E-state index contributed by atoms with van der Waals surface area (Å²) in [6, 6.07) is 6.86. The van der Waals surface area contributed by atoms with Crippen LogP contribution < -0.4 is 10.1 Å². The first-order valence-corrected chi connectivity index (χ1v) is 8.11. The van der Waals surface area contributed by atoms with Crippen molar-refractivity contribution < 1.29 is 14.6 Å². The second-order valence-corrected chi connectivity index (χ2v) is 6.01. The van der Waals surface area contributed by atoms with Crippen LogP contribution in [0.2, 0.25) is 0 Å². The SMILES string of the molecule is CCCSC1=NC(c2ccc(OC)cc2)C(C(=O)O)=C(C)N1. The average Bonchev–Trinajstić information content (AvgIpc) is 2.52. The Morgan fingerprint density at radius 3 is 2.64 bits per heavy atom. The van der Waals surface area contributed by atoms with Crippen LogP contribution in [0.4, 0.5) is 0 Å². The molecule has 1 aliphatic rings. The fraction of sp³-hybridized carbons (Fsp3) is 0.375. The molecule has 1 aromatic carbocycles. The minimum atomic E-state index is -0.950. The van der Waals surface area contributed by atoms with E-state index in [9.17, 15) is 9.90 Å². The molecule has 0 radical (unpaired) electrons. The van der Waals surface area contributed by atoms with Gasteiger partial charge in [0.05, 0.1) is 12.7 Å². The summed E-state index contributed by atoms with van der Waals surface area (Å²) in [6.45, 7) is 3.88. The van der Waals surface area contributed by atoms with E-state index in [1.165, 1.54) is 0 Å². The van der Waals surface area contributed by atoms with Gasteiger partial charge in [0.15, 0.2) is 5.17 Å². The normalized spacial score (nSPS) is 17.8. The number of hydrogen-bond donors (Lipinski definition) is 2. The molecule has 0 aliphatic carbocycles. The van der Waals surface area contributed by atoms with E-state index < -0.39 is 12.0 Å². The number of ether oxygens (including phenoxy) is 1. The fourth-order valence-electron chi connectivity index (χ4n) is 2.22. The van der Waals surface area contributed by atoms with Crippen LogP contribution >= 0.6 is 11.8 Å². The van der Waals surface area contributed by atoms with Crippen molar-refractivity contribution >= 4 is 22.9 Å². The van der Waals surface area contributed by atoms with E-state index in [2.05, 4.69) is 17.2 Å². The minimum Gasteiger partial charge on any atom is -0.497 e. The Bertz CT molecular complexity index is 608. The molecule has 0 spiro atoms. The zero-order chi connectivity index (χ0) is 16.1. The molecule has 2 rings (SSSR count). The van der Waals surface area contributed by atoms with Crippen molar-refractivity contribution in [3.63, 3.8) is 0 Å². The lowest BCUT2D eigenvalue weighted by molar-refractivity contribution is -0.133. The van der Waals surface area contributed by atoms with Gasteiger partial charge in [-0.1, -0.05) is 30.8 Å². The van der Waals surface area contributed by atoms with Gasteiger partial charge in [-0.05, 0) is 31.0 Å². The van der Waals surface area contributed by atoms with Crippen LogP contribution in [-0.4, -0.2) is 29.1 Å². The highest BCUT2D eigenvalue weighted by Gasteiger charge is 2.29. The largest absolute Gasteiger partial charge is 0.497 e. The van der Waals surface area contributed by atoms with Crippen molar-refractivity contribution in [3.05, 3.63) is 41.1 Å². The van der Waals surface area contributed by atoms with Gasteiger partial charge in [-0.15, -0.1) is 0 Å². The number of rotatable bonds is 5. The van der Waals surface area contributed by atoms with Crippen molar-refractivity contribution in [2.45, 2.75) is 26.3 Å². The zero-order valence-corrected chi connectivity index (χ0v) is 13.7. The van der Waals surface area contributed by atoms with Crippen molar-refractivity contribution in [3.8, 4) is 5.75 Å². The second kappa shape index (κ2) is 7.35. The van der Waals surface area contributed by atoms with Crippen molar-refractivity contribution in [1.29, 1.82) is 0 Å². The monoisotopic (exact) mass is 320 g/mol. The quantitative estimate of drug-likeness (QED) is 0.872. The maximum Gasteiger partial charge on any atom is 0.335 e. The van der Waals surface area contributed by atoms with E-state index in [4.69, 9.17) is 4.74 Å². The van der Waals surface area contributed by atoms with Crippen LogP contribution in [0.15, 0.2) is 40.5 Å². The molecule has 1 heterocycles. The highest BCUT2D eigenvalue weighted by molar-refractivity contribution is 8.13. The molecule has 2 N–H and O–H groups in total. The number of benzene rings is 1. The Morgan fingerprint density at radius 1 is 1.41 bits per heavy atom. The highest BCUT2D eigenvalue weighted by Crippen LogP contribution is 2.33. The summed E-state index contributed by atoms with van der Waals surface area (Å²) in [5.74, 6) is 0.727. The number of carbonyl (C=O) groups is 1. The molecular weight excluding hydrogens is 300 g/mol. The third kappa shape index (κ3) is 3.62. The Kier molecular flexibility index (Phi) is 5.49. The Hall–Kier alpha value is -1.95. The van der Waals surface area contributed by atoms with Gasteiger partial charge in [0.25, 0.3) is 0 Å². The maximum atomic E-state index is 11.6. The maximum absolute atomic E-state index is 11.6. The molecular formula is C16H20N2O3S. The van der Waals surface area contributed by atoms with Gasteiger partial charge in [-0.3, -0.25) is 0 Å². The predicted molar refractivity (Wildman–Crippen MR) is 89.4 cm³/mol. The highest BCUT2D eigenvalue weighted by atomic mass is 32.2. The van der Waals surface area contributed by atoms with E-state index in [-0.39, 0.29) is 5.57 Å². The van der Waals surface area contributed by atoms with Crippen LogP contribution in [0.25, 0.3) is 0 Å². The third-order valence-corrected chi connectivity index (χ3v) is 4.42. The number of carboxylic acids is 1. The second-order valence-electron chi connectivity index (χ2n) is 4.93. The summed E-state index contributed by atoms with van der Waals surface area (Å²) in [7, 11) is 1.60. The standard InChI is InChI=1S/C16H20N2O3S/c1-4-9-22-16-17-10(2)13(15(19)20)14(18-16)11-5-7-12(21-3)8-6-11/h5-8,14H,4,9H2,1-3H3,(H,17,18)(H,19,20). The molecule has 1 unspecified atom stereocenters. The first kappa shape index (κ1) is 16.4. The van der Waals surface area contributed by atoms with Crippen LogP contribution in [0, 0.1) is 0 Å². The summed E-state index contributed by atoms with van der Waals surface area (Å²) in [5, 5.41) is 13.4. The molecule has 1 atom stereocenters. The topological polar surface area (TPSA) is 70.9 Å². The van der Waals surface area contributed by atoms with Gasteiger partial charge in [0, 0.05) is 11.4 Å². The molecule has 22 heavy (non-hydrogen) atoms. The van der Waals surface area contributed by atoms with Crippen molar-refractivity contribution in [2.75, 3.05) is 12.9 Å². The smallest absolute Gasteiger partial charge is 0.335 e. The molecule has 0 saturated heterocycles. The van der Waals surface area contributed by atoms with Crippen LogP contribution in [0.1, 0.15) is 31.9 Å². The number of nitrogens with one attached hydrogen (secondary N) is 1. The van der Waals surface area contributed by atoms with E-state index in [1.54, 1.807) is 25.8 Å². The van der Waals surface area contributed by atoms with Crippen molar-refractivity contribution in [2.24, 2.45) is 4.99 Å². The Labute approximate surface area is 134 Å². The van der Waals surface area contributed by atoms with E-state index in [1.807, 2.05) is 24.3 Å². The average molecular weight is 320 g/mol. The molecule has 6 heteroatoms. The summed E-state index contributed by atoms with van der Waals surface area (Å²) in [6.07, 6.45) is 1.03. The van der Waals surface area contributed by atoms with Crippen LogP contribution in [0.3, 0.4) is 0 Å². The lowest BCUT2D eigenvalue weighted by Crippen LogP contribution is -2.29. The number of allylic oxidation sites excluding steroid dienone is 1. The lowest BCUT2D eigenvalue weighted by Gasteiger charge is -2.24. The molecule has 1 aliphatic heterocycles. The van der Waals surface area contributed by atoms with Gasteiger partial charge in [0.2, 0.25) is 0 Å². The molecule has 118 valence electrons. The third-order valence-electron chi connectivity index (χ3n) is 3.32. The number of nitrogens with zero attached hydrogens (tertiary/aromatic N) is 1. The number of aliphatic imine (C=N–C) groups is 1. The van der Waals surface area contributed by atoms with Crippen molar-refractivity contribution in [1.82, 2.24) is 5.32 Å². The Balaban J connectivity index is 2.37. The molecule has 0 amide bonds. The minimum absolute atomic E-state index is 0.283. The van der Waals surface area contributed by atoms with Gasteiger partial charge >= 0.3 is 5.97 Å². The molecule has 0 bridgehead atoms. The van der Waals surface area contributed by atoms with Gasteiger partial charge in [0.1, 0.15) is 11.8 Å². The number of aliphatic carboxylic acids is 1. The van der Waals surface area contributed by atoms with Gasteiger partial charge in [-0.25, -0.2) is 9.79 Å². The zero-order valence-electron chi connectivity index (χ0n) is 12.9. The van der Waals surface area contributed by atoms with E-state index in [0.29, 0.717) is 5.70 Å². The Morgan fingerprint density at radius 2 is 2.09 bits per heavy atom. The fourth-order valence-corrected chi connectivity index (χ4v) is 3.03. The summed E-state index contributed by atoms with van der Waals surface area (Å²) < 4.78 is 5.15. The summed E-state index contributed by atoms with van der Waals surface area (Å²) in [4.78, 5) is 16.2. The molecule has 5 nitrogen and oxygen atoms in total. The van der Waals surface area contributed by atoms with E-state index >= 15 is 0 Å². The first-order chi connectivity index (χ1) is 10.6. The van der Waals surface area contributed by atoms with E-state index in [0.717, 1.165) is 28.7 Å². The number of amidine groups is 1. The van der Waals surface area contributed by atoms with Crippen LogP contribution in [-0.2, 0) is 4.79 Å². The van der Waals surface area contributed by atoms with Crippen LogP contribution in [0.5, 0.6) is 5.75 Å². The molecule has 1 aromatic rings. The molecule has 0 aromatic heterocycles. The summed E-state index contributed by atoms with van der Waals surface area (Å²) >= 11 is 1.61. The number of carboxylic acid groups (broad SMARTS) is 1. The predicted octanol–water partition coefficient (Wildman–Crippen LogP) is 3.20. The first-order valence-electron chi connectivity index (χ1n) is 7.12. The number of hydrogen-bond acceptors (Lipinski definition) is 5. The molecule has 0 fully saturated rings. The van der Waals surface area contributed by atoms with Gasteiger partial charge in [-0.2, -0.15) is 0 Å². The number of thioether (sulfide) groups is 1. The molecule has 0 saturated carbocycles. The van der Waals surface area contributed by atoms with Gasteiger partial charge < -0.3 is 15.2 Å².